The van der Waals surface area contributed by atoms with E-state index in [0.29, 0.717) is 19.5 Å². The van der Waals surface area contributed by atoms with E-state index in [4.69, 9.17) is 0 Å². The number of hydrogen-bond acceptors (Lipinski definition) is 6. The van der Waals surface area contributed by atoms with Crippen LogP contribution in [0.4, 0.5) is 4.79 Å². The number of rotatable bonds is 16. The number of fused-ring (bicyclic) bond motifs is 1. The van der Waals surface area contributed by atoms with E-state index in [-0.39, 0.29) is 67.0 Å². The molecule has 10 heteroatoms. The Morgan fingerprint density at radius 1 is 1.00 bits per heavy atom. The number of Topliss-reactive ketones (excluding diaryl/α,β-unsaturated/α-hetero) is 3. The smallest absolute Gasteiger partial charge is 0.315 e. The van der Waals surface area contributed by atoms with E-state index in [1.54, 1.807) is 11.0 Å². The highest BCUT2D eigenvalue weighted by atomic mass is 16.2. The van der Waals surface area contributed by atoms with Gasteiger partial charge in [0.15, 0.2) is 11.6 Å². The lowest BCUT2D eigenvalue weighted by Crippen LogP contribution is -2.60. The molecule has 1 saturated heterocycles. The Morgan fingerprint density at radius 2 is 1.65 bits per heavy atom. The Bertz CT molecular complexity index is 1370. The first-order chi connectivity index (χ1) is 22.3. The van der Waals surface area contributed by atoms with Gasteiger partial charge in [0.2, 0.25) is 17.6 Å². The Kier molecular flexibility index (Phi) is 12.6. The monoisotopic (exact) mass is 664 g/mol. The molecule has 1 saturated carbocycles. The van der Waals surface area contributed by atoms with E-state index in [2.05, 4.69) is 36.4 Å². The number of ketones is 3. The molecule has 264 valence electrons. The van der Waals surface area contributed by atoms with E-state index in [1.165, 1.54) is 0 Å². The Labute approximate surface area is 286 Å². The molecule has 1 aromatic carbocycles. The van der Waals surface area contributed by atoms with Crippen LogP contribution in [0, 0.1) is 28.6 Å². The third kappa shape index (κ3) is 10.1. The molecule has 3 N–H and O–H groups in total. The molecule has 2 fully saturated rings. The number of hydrogen-bond donors (Lipinski definition) is 3. The first kappa shape index (κ1) is 38.6. The Morgan fingerprint density at radius 3 is 2.23 bits per heavy atom. The molecule has 0 radical (unpaired) electrons. The van der Waals surface area contributed by atoms with Crippen LogP contribution in [-0.2, 0) is 30.5 Å². The van der Waals surface area contributed by atoms with Gasteiger partial charge in [-0.3, -0.25) is 24.0 Å². The highest BCUT2D eigenvalue weighted by molar-refractivity contribution is 6.38. The van der Waals surface area contributed by atoms with E-state index < -0.39 is 46.6 Å². The minimum atomic E-state index is -0.888. The molecule has 1 aliphatic carbocycles. The van der Waals surface area contributed by atoms with Crippen molar-refractivity contribution in [2.45, 2.75) is 118 Å². The molecular formula is C38H56N4O6. The number of carbonyl (C=O) groups is 6. The van der Waals surface area contributed by atoms with Crippen molar-refractivity contribution in [1.82, 2.24) is 20.9 Å². The van der Waals surface area contributed by atoms with Gasteiger partial charge in [0, 0.05) is 43.8 Å². The lowest BCUT2D eigenvalue weighted by atomic mass is 9.83. The van der Waals surface area contributed by atoms with Gasteiger partial charge in [-0.1, -0.05) is 71.0 Å². The van der Waals surface area contributed by atoms with Crippen molar-refractivity contribution in [2.75, 3.05) is 6.54 Å². The molecule has 2 aliphatic rings. The van der Waals surface area contributed by atoms with Gasteiger partial charge in [-0.25, -0.2) is 4.79 Å². The number of benzene rings is 1. The third-order valence-electron chi connectivity index (χ3n) is 9.65. The van der Waals surface area contributed by atoms with Gasteiger partial charge in [0.25, 0.3) is 0 Å². The summed E-state index contributed by atoms with van der Waals surface area (Å²) in [5, 5.41) is 8.53. The second kappa shape index (κ2) is 15.6. The summed E-state index contributed by atoms with van der Waals surface area (Å²) in [7, 11) is 0. The van der Waals surface area contributed by atoms with Crippen molar-refractivity contribution >= 4 is 35.2 Å². The van der Waals surface area contributed by atoms with E-state index >= 15 is 0 Å². The molecule has 5 atom stereocenters. The average molecular weight is 665 g/mol. The number of likely N-dealkylation sites (tertiary alicyclic amines) is 1. The summed E-state index contributed by atoms with van der Waals surface area (Å²) in [6.45, 7) is 19.8. The normalized spacial score (nSPS) is 20.9. The summed E-state index contributed by atoms with van der Waals surface area (Å²) >= 11 is 0. The molecule has 0 aromatic heterocycles. The summed E-state index contributed by atoms with van der Waals surface area (Å²) in [6.07, 6.45) is 2.47. The zero-order chi connectivity index (χ0) is 36.0. The number of nitrogens with zero attached hydrogens (tertiary/aromatic N) is 1. The Hall–Kier alpha value is -3.82. The molecule has 1 aliphatic heterocycles. The molecular weight excluding hydrogens is 608 g/mol. The molecule has 1 heterocycles. The van der Waals surface area contributed by atoms with Gasteiger partial charge in [-0.2, -0.15) is 0 Å². The molecule has 1 unspecified atom stereocenters. The fourth-order valence-corrected chi connectivity index (χ4v) is 6.86. The molecule has 48 heavy (non-hydrogen) atoms. The van der Waals surface area contributed by atoms with Crippen molar-refractivity contribution in [3.8, 4) is 0 Å². The number of allylic oxidation sites excluding steroid dienone is 1. The highest BCUT2D eigenvalue weighted by Crippen LogP contribution is 2.65. The van der Waals surface area contributed by atoms with Crippen LogP contribution in [0.1, 0.15) is 99.5 Å². The number of carbonyl (C=O) groups excluding carboxylic acids is 6. The second-order valence-corrected chi connectivity index (χ2v) is 16.2. The van der Waals surface area contributed by atoms with E-state index in [1.807, 2.05) is 71.9 Å². The number of urea groups is 1. The van der Waals surface area contributed by atoms with Crippen molar-refractivity contribution < 1.29 is 28.8 Å². The highest BCUT2D eigenvalue weighted by Gasteiger charge is 2.69. The van der Waals surface area contributed by atoms with Gasteiger partial charge < -0.3 is 20.9 Å². The fourth-order valence-electron chi connectivity index (χ4n) is 6.86. The summed E-state index contributed by atoms with van der Waals surface area (Å²) in [6, 6.07) is 7.38. The maximum atomic E-state index is 14.1. The van der Waals surface area contributed by atoms with Crippen LogP contribution in [0.15, 0.2) is 43.0 Å². The molecule has 1 aromatic rings. The summed E-state index contributed by atoms with van der Waals surface area (Å²) in [5.41, 5.74) is -0.336. The van der Waals surface area contributed by atoms with Gasteiger partial charge >= 0.3 is 6.03 Å². The lowest BCUT2D eigenvalue weighted by Gasteiger charge is -2.38. The van der Waals surface area contributed by atoms with Crippen LogP contribution < -0.4 is 16.0 Å². The summed E-state index contributed by atoms with van der Waals surface area (Å²) < 4.78 is 0. The van der Waals surface area contributed by atoms with Crippen LogP contribution >= 0.6 is 0 Å². The van der Waals surface area contributed by atoms with Gasteiger partial charge in [-0.05, 0) is 68.3 Å². The van der Waals surface area contributed by atoms with Crippen molar-refractivity contribution in [1.29, 1.82) is 0 Å². The van der Waals surface area contributed by atoms with Crippen molar-refractivity contribution in [3.05, 3.63) is 48.6 Å². The quantitative estimate of drug-likeness (QED) is 0.165. The topological polar surface area (TPSA) is 142 Å². The van der Waals surface area contributed by atoms with Crippen LogP contribution in [-0.4, -0.2) is 64.3 Å². The fraction of sp³-hybridized carbons (Fsp3) is 0.632. The van der Waals surface area contributed by atoms with Gasteiger partial charge in [-0.15, -0.1) is 6.58 Å². The molecule has 0 spiro atoms. The molecule has 0 bridgehead atoms. The third-order valence-corrected chi connectivity index (χ3v) is 9.65. The number of amides is 4. The van der Waals surface area contributed by atoms with Crippen LogP contribution in [0.25, 0.3) is 0 Å². The largest absolute Gasteiger partial charge is 0.352 e. The van der Waals surface area contributed by atoms with Crippen molar-refractivity contribution in [3.63, 3.8) is 0 Å². The van der Waals surface area contributed by atoms with Gasteiger partial charge in [0.05, 0.1) is 6.04 Å². The standard InChI is InChI=1S/C38H56N4O6/c1-10-11-18-25(32(46)27(43)19-15-20-29(45)39-22-24-16-13-12-14-17-24)21-28(44)31-30-26(38(30,8)9)23-42(31)34(47)33(36(2,3)4)40-35(48)41-37(5,6)7/h10,12-14,16-17,25-26,30-31,33H,1,11,15,18-23H2,2-9H3,(H,39,45)(H2,40,41,48)/t25?,26-,30-,31+,33+/m0/s1. The summed E-state index contributed by atoms with van der Waals surface area (Å²) in [4.78, 5) is 81.5. The summed E-state index contributed by atoms with van der Waals surface area (Å²) in [5.74, 6) is -2.79. The maximum absolute atomic E-state index is 14.1. The van der Waals surface area contributed by atoms with Gasteiger partial charge in [0.1, 0.15) is 6.04 Å². The zero-order valence-electron chi connectivity index (χ0n) is 30.1. The molecule has 3 rings (SSSR count). The zero-order valence-corrected chi connectivity index (χ0v) is 30.1. The van der Waals surface area contributed by atoms with E-state index in [9.17, 15) is 28.8 Å². The lowest BCUT2D eigenvalue weighted by molar-refractivity contribution is -0.144. The second-order valence-electron chi connectivity index (χ2n) is 16.2. The molecule has 10 nitrogen and oxygen atoms in total. The van der Waals surface area contributed by atoms with Crippen molar-refractivity contribution in [2.24, 2.45) is 28.6 Å². The number of piperidine rings is 1. The minimum absolute atomic E-state index is 0.0711. The predicted octanol–water partition coefficient (Wildman–Crippen LogP) is 5.15. The maximum Gasteiger partial charge on any atom is 0.315 e. The minimum Gasteiger partial charge on any atom is -0.352 e. The first-order valence-corrected chi connectivity index (χ1v) is 17.2. The predicted molar refractivity (Wildman–Crippen MR) is 186 cm³/mol. The van der Waals surface area contributed by atoms with Crippen LogP contribution in [0.3, 0.4) is 0 Å². The Balaban J connectivity index is 1.69. The first-order valence-electron chi connectivity index (χ1n) is 17.2. The average Bonchev–Trinajstić information content (AvgIpc) is 3.30. The number of nitrogens with one attached hydrogen (secondary N) is 3. The molecule has 4 amide bonds. The van der Waals surface area contributed by atoms with E-state index in [0.717, 1.165) is 5.56 Å². The SMILES string of the molecule is C=CCCC(CC(=O)[C@@H]1[C@@H]2[C@H](CN1C(=O)[C@@H](NC(=O)NC(C)(C)C)C(C)(C)C)C2(C)C)C(=O)C(=O)CCCC(=O)NCc1ccccc1. The van der Waals surface area contributed by atoms with Crippen LogP contribution in [0.2, 0.25) is 0 Å². The van der Waals surface area contributed by atoms with Crippen LogP contribution in [0.5, 0.6) is 0 Å².